The Balaban J connectivity index is 3.18. The van der Waals surface area contributed by atoms with Crippen molar-refractivity contribution in [1.29, 1.82) is 0 Å². The van der Waals surface area contributed by atoms with E-state index in [2.05, 4.69) is 5.32 Å². The Morgan fingerprint density at radius 2 is 1.52 bits per heavy atom. The lowest BCUT2D eigenvalue weighted by molar-refractivity contribution is -0.211. The van der Waals surface area contributed by atoms with Gasteiger partial charge >= 0.3 is 17.9 Å². The molecule has 25 heavy (non-hydrogen) atoms. The van der Waals surface area contributed by atoms with Crippen molar-refractivity contribution in [2.75, 3.05) is 12.9 Å². The van der Waals surface area contributed by atoms with Crippen LogP contribution in [0.2, 0.25) is 0 Å². The molecule has 1 aliphatic rings. The van der Waals surface area contributed by atoms with Gasteiger partial charge in [-0.1, -0.05) is 0 Å². The zero-order valence-electron chi connectivity index (χ0n) is 14.8. The lowest BCUT2D eigenvalue weighted by Gasteiger charge is -2.44. The minimum absolute atomic E-state index is 0.186. The van der Waals surface area contributed by atoms with E-state index < -0.39 is 47.7 Å². The summed E-state index contributed by atoms with van der Waals surface area (Å²) in [4.78, 5) is 45.7. The summed E-state index contributed by atoms with van der Waals surface area (Å²) in [5.74, 6) is -2.11. The monoisotopic (exact) mass is 377 g/mol. The maximum absolute atomic E-state index is 11.5. The summed E-state index contributed by atoms with van der Waals surface area (Å²) < 4.78 is 21.4. The molecular weight excluding hydrogens is 354 g/mol. The summed E-state index contributed by atoms with van der Waals surface area (Å²) in [5.41, 5.74) is -0.597. The van der Waals surface area contributed by atoms with Crippen molar-refractivity contribution in [3.05, 3.63) is 0 Å². The third-order valence-corrected chi connectivity index (χ3v) is 4.17. The molecule has 0 radical (unpaired) electrons. The smallest absolute Gasteiger partial charge is 0.303 e. The quantitative estimate of drug-likeness (QED) is 0.504. The van der Waals surface area contributed by atoms with Gasteiger partial charge in [-0.25, -0.2) is 0 Å². The summed E-state index contributed by atoms with van der Waals surface area (Å²) >= 11 is 1.28. The van der Waals surface area contributed by atoms with Crippen LogP contribution in [0.4, 0.5) is 0 Å². The lowest BCUT2D eigenvalue weighted by atomic mass is 9.97. The van der Waals surface area contributed by atoms with E-state index in [0.717, 1.165) is 0 Å². The first-order chi connectivity index (χ1) is 11.6. The molecule has 10 heteroatoms. The molecule has 0 spiro atoms. The zero-order chi connectivity index (χ0) is 19.1. The average molecular weight is 377 g/mol. The van der Waals surface area contributed by atoms with Crippen LogP contribution in [-0.2, 0) is 38.1 Å². The summed E-state index contributed by atoms with van der Waals surface area (Å²) in [6, 6.07) is -0.741. The molecule has 0 aliphatic carbocycles. The first-order valence-corrected chi connectivity index (χ1v) is 8.87. The molecule has 1 N–H and O–H groups in total. The van der Waals surface area contributed by atoms with Gasteiger partial charge in [0.2, 0.25) is 5.91 Å². The minimum atomic E-state index is -1.04. The van der Waals surface area contributed by atoms with Crippen molar-refractivity contribution in [3.63, 3.8) is 0 Å². The van der Waals surface area contributed by atoms with Gasteiger partial charge in [0.1, 0.15) is 24.2 Å². The minimum Gasteiger partial charge on any atom is -0.463 e. The van der Waals surface area contributed by atoms with Crippen molar-refractivity contribution < 1.29 is 38.1 Å². The SMILES string of the molecule is CSC1OC(COC(C)=O)C(OC(C)=O)C(OC(C)=O)C1NC(C)=O. The molecule has 1 fully saturated rings. The van der Waals surface area contributed by atoms with Crippen LogP contribution in [-0.4, -0.2) is 66.5 Å². The lowest BCUT2D eigenvalue weighted by Crippen LogP contribution is -2.65. The number of thioether (sulfide) groups is 1. The van der Waals surface area contributed by atoms with Gasteiger partial charge in [0.15, 0.2) is 12.2 Å². The van der Waals surface area contributed by atoms with Crippen LogP contribution in [0.25, 0.3) is 0 Å². The van der Waals surface area contributed by atoms with Crippen LogP contribution < -0.4 is 5.32 Å². The van der Waals surface area contributed by atoms with Crippen LogP contribution in [0.15, 0.2) is 0 Å². The van der Waals surface area contributed by atoms with E-state index in [1.165, 1.54) is 39.5 Å². The Labute approximate surface area is 150 Å². The van der Waals surface area contributed by atoms with E-state index in [1.807, 2.05) is 0 Å². The highest BCUT2D eigenvalue weighted by molar-refractivity contribution is 7.99. The van der Waals surface area contributed by atoms with E-state index in [1.54, 1.807) is 6.26 Å². The van der Waals surface area contributed by atoms with Gasteiger partial charge in [0, 0.05) is 27.7 Å². The van der Waals surface area contributed by atoms with Crippen molar-refractivity contribution in [2.24, 2.45) is 0 Å². The molecule has 1 amide bonds. The molecule has 5 atom stereocenters. The molecular formula is C15H23NO8S. The summed E-state index contributed by atoms with van der Waals surface area (Å²) in [7, 11) is 0. The average Bonchev–Trinajstić information content (AvgIpc) is 2.48. The number of ether oxygens (including phenoxy) is 4. The fourth-order valence-corrected chi connectivity index (χ4v) is 3.26. The van der Waals surface area contributed by atoms with Crippen molar-refractivity contribution in [2.45, 2.75) is 57.5 Å². The molecule has 142 valence electrons. The number of esters is 3. The highest BCUT2D eigenvalue weighted by Gasteiger charge is 2.50. The van der Waals surface area contributed by atoms with Gasteiger partial charge < -0.3 is 24.3 Å². The van der Waals surface area contributed by atoms with E-state index in [4.69, 9.17) is 18.9 Å². The van der Waals surface area contributed by atoms with Gasteiger partial charge in [0.05, 0.1) is 0 Å². The highest BCUT2D eigenvalue weighted by atomic mass is 32.2. The fourth-order valence-electron chi connectivity index (χ4n) is 2.49. The Bertz CT molecular complexity index is 526. The maximum Gasteiger partial charge on any atom is 0.303 e. The number of hydrogen-bond acceptors (Lipinski definition) is 9. The zero-order valence-corrected chi connectivity index (χ0v) is 15.6. The summed E-state index contributed by atoms with van der Waals surface area (Å²) in [6.07, 6.45) is -1.13. The number of amides is 1. The molecule has 1 rings (SSSR count). The first-order valence-electron chi connectivity index (χ1n) is 7.58. The first kappa shape index (κ1) is 21.2. The molecule has 0 aromatic rings. The fraction of sp³-hybridized carbons (Fsp3) is 0.733. The van der Waals surface area contributed by atoms with Crippen molar-refractivity contribution in [1.82, 2.24) is 5.32 Å². The van der Waals surface area contributed by atoms with Crippen LogP contribution in [0.1, 0.15) is 27.7 Å². The van der Waals surface area contributed by atoms with Crippen molar-refractivity contribution in [3.8, 4) is 0 Å². The number of carbonyl (C=O) groups is 4. The summed E-state index contributed by atoms with van der Waals surface area (Å²) in [5, 5.41) is 2.67. The second-order valence-corrected chi connectivity index (χ2v) is 6.39. The van der Waals surface area contributed by atoms with Crippen LogP contribution in [0.5, 0.6) is 0 Å². The van der Waals surface area contributed by atoms with E-state index in [9.17, 15) is 19.2 Å². The molecule has 9 nitrogen and oxygen atoms in total. The van der Waals surface area contributed by atoms with Crippen LogP contribution >= 0.6 is 11.8 Å². The standard InChI is InChI=1S/C15H23NO8S/c1-7(17)16-12-14(23-10(4)20)13(22-9(3)19)11(6-21-8(2)18)24-15(12)25-5/h11-15H,6H2,1-5H3,(H,16,17). The topological polar surface area (TPSA) is 117 Å². The Morgan fingerprint density at radius 3 is 1.96 bits per heavy atom. The predicted molar refractivity (Wildman–Crippen MR) is 87.5 cm³/mol. The third kappa shape index (κ3) is 6.54. The van der Waals surface area contributed by atoms with Gasteiger partial charge in [-0.3, -0.25) is 19.2 Å². The molecule has 1 saturated heterocycles. The normalized spacial score (nSPS) is 28.6. The molecule has 1 aliphatic heterocycles. The maximum atomic E-state index is 11.5. The molecule has 5 unspecified atom stereocenters. The Morgan fingerprint density at radius 1 is 0.960 bits per heavy atom. The van der Waals surface area contributed by atoms with Crippen LogP contribution in [0, 0.1) is 0 Å². The van der Waals surface area contributed by atoms with Gasteiger partial charge in [-0.05, 0) is 6.26 Å². The number of hydrogen-bond donors (Lipinski definition) is 1. The largest absolute Gasteiger partial charge is 0.463 e. The second-order valence-electron chi connectivity index (χ2n) is 5.46. The molecule has 0 bridgehead atoms. The van der Waals surface area contributed by atoms with Gasteiger partial charge in [-0.2, -0.15) is 0 Å². The second kappa shape index (κ2) is 9.62. The number of carbonyl (C=O) groups excluding carboxylic acids is 4. The highest BCUT2D eigenvalue weighted by Crippen LogP contribution is 2.31. The Hall–Kier alpha value is -1.81. The van der Waals surface area contributed by atoms with E-state index >= 15 is 0 Å². The molecule has 0 saturated carbocycles. The van der Waals surface area contributed by atoms with Crippen molar-refractivity contribution >= 4 is 35.6 Å². The number of nitrogens with one attached hydrogen (secondary N) is 1. The van der Waals surface area contributed by atoms with E-state index in [-0.39, 0.29) is 12.5 Å². The molecule has 0 aromatic heterocycles. The van der Waals surface area contributed by atoms with Crippen LogP contribution in [0.3, 0.4) is 0 Å². The van der Waals surface area contributed by atoms with E-state index in [0.29, 0.717) is 0 Å². The van der Waals surface area contributed by atoms with Gasteiger partial charge in [0.25, 0.3) is 0 Å². The Kier molecular flexibility index (Phi) is 8.17. The predicted octanol–water partition coefficient (Wildman–Crippen LogP) is 0.00550. The number of rotatable bonds is 6. The third-order valence-electron chi connectivity index (χ3n) is 3.30. The van der Waals surface area contributed by atoms with Gasteiger partial charge in [-0.15, -0.1) is 11.8 Å². The summed E-state index contributed by atoms with van der Waals surface area (Å²) in [6.45, 7) is 4.77. The molecule has 0 aromatic carbocycles. The molecule has 1 heterocycles.